The standard InChI is InChI=1S/C13H19BrClN3/c1-17(2)6-7-18-13(12(14)9-16-18)10-4-3-5-11(15)8-10/h8-9,11H,3-7H2,1-2H3. The molecule has 1 heterocycles. The Morgan fingerprint density at radius 2 is 2.33 bits per heavy atom. The van der Waals surface area contributed by atoms with Crippen LogP contribution in [0.15, 0.2) is 16.7 Å². The van der Waals surface area contributed by atoms with Crippen molar-refractivity contribution in [3.8, 4) is 0 Å². The molecular formula is C13H19BrClN3. The number of hydrogen-bond acceptors (Lipinski definition) is 2. The second-order valence-electron chi connectivity index (χ2n) is 4.97. The second kappa shape index (κ2) is 6.22. The molecule has 0 radical (unpaired) electrons. The maximum atomic E-state index is 6.23. The van der Waals surface area contributed by atoms with Crippen molar-refractivity contribution in [2.45, 2.75) is 31.2 Å². The van der Waals surface area contributed by atoms with Gasteiger partial charge in [-0.1, -0.05) is 6.08 Å². The maximum absolute atomic E-state index is 6.23. The summed E-state index contributed by atoms with van der Waals surface area (Å²) >= 11 is 9.83. The van der Waals surface area contributed by atoms with Gasteiger partial charge in [-0.3, -0.25) is 4.68 Å². The SMILES string of the molecule is CN(C)CCn1ncc(Br)c1C1=CC(Cl)CCC1. The van der Waals surface area contributed by atoms with E-state index in [-0.39, 0.29) is 5.38 Å². The van der Waals surface area contributed by atoms with Gasteiger partial charge in [0.05, 0.1) is 28.3 Å². The molecule has 0 spiro atoms. The van der Waals surface area contributed by atoms with Gasteiger partial charge < -0.3 is 4.90 Å². The van der Waals surface area contributed by atoms with Gasteiger partial charge in [0.15, 0.2) is 0 Å². The van der Waals surface area contributed by atoms with E-state index in [0.29, 0.717) is 0 Å². The van der Waals surface area contributed by atoms with E-state index in [1.165, 1.54) is 11.3 Å². The molecule has 0 amide bonds. The van der Waals surface area contributed by atoms with E-state index in [9.17, 15) is 0 Å². The molecule has 100 valence electrons. The van der Waals surface area contributed by atoms with Gasteiger partial charge in [-0.2, -0.15) is 5.10 Å². The molecule has 0 aliphatic heterocycles. The fourth-order valence-electron chi connectivity index (χ4n) is 2.22. The lowest BCUT2D eigenvalue weighted by Crippen LogP contribution is -2.20. The van der Waals surface area contributed by atoms with Gasteiger partial charge in [0.25, 0.3) is 0 Å². The van der Waals surface area contributed by atoms with E-state index in [4.69, 9.17) is 11.6 Å². The third-order valence-electron chi connectivity index (χ3n) is 3.17. The Bertz CT molecular complexity index is 439. The average Bonchev–Trinajstić information content (AvgIpc) is 2.68. The van der Waals surface area contributed by atoms with Crippen molar-refractivity contribution in [3.05, 3.63) is 22.4 Å². The molecule has 0 saturated heterocycles. The predicted molar refractivity (Wildman–Crippen MR) is 80.0 cm³/mol. The molecule has 1 aliphatic carbocycles. The minimum absolute atomic E-state index is 0.165. The minimum atomic E-state index is 0.165. The number of allylic oxidation sites excluding steroid dienone is 2. The molecular weight excluding hydrogens is 314 g/mol. The van der Waals surface area contributed by atoms with Crippen molar-refractivity contribution in [2.24, 2.45) is 0 Å². The van der Waals surface area contributed by atoms with Crippen molar-refractivity contribution < 1.29 is 0 Å². The Balaban J connectivity index is 2.23. The van der Waals surface area contributed by atoms with Crippen molar-refractivity contribution in [2.75, 3.05) is 20.6 Å². The number of alkyl halides is 1. The van der Waals surface area contributed by atoms with Crippen molar-refractivity contribution >= 4 is 33.1 Å². The van der Waals surface area contributed by atoms with Crippen LogP contribution in [0.3, 0.4) is 0 Å². The topological polar surface area (TPSA) is 21.1 Å². The molecule has 0 fully saturated rings. The molecule has 1 aliphatic rings. The Morgan fingerprint density at radius 3 is 3.00 bits per heavy atom. The number of aromatic nitrogens is 2. The summed E-state index contributed by atoms with van der Waals surface area (Å²) in [6.07, 6.45) is 7.39. The van der Waals surface area contributed by atoms with Crippen LogP contribution in [0.25, 0.3) is 5.57 Å². The highest BCUT2D eigenvalue weighted by Gasteiger charge is 2.18. The van der Waals surface area contributed by atoms with Crippen molar-refractivity contribution in [1.82, 2.24) is 14.7 Å². The molecule has 3 nitrogen and oxygen atoms in total. The Labute approximate surface area is 122 Å². The highest BCUT2D eigenvalue weighted by molar-refractivity contribution is 9.10. The first-order chi connectivity index (χ1) is 8.58. The first-order valence-corrected chi connectivity index (χ1v) is 7.52. The summed E-state index contributed by atoms with van der Waals surface area (Å²) in [5, 5.41) is 4.61. The fourth-order valence-corrected chi connectivity index (χ4v) is 3.07. The Kier molecular flexibility index (Phi) is 4.87. The molecule has 1 aromatic rings. The van der Waals surface area contributed by atoms with Crippen LogP contribution in [0.4, 0.5) is 0 Å². The zero-order valence-corrected chi connectivity index (χ0v) is 13.2. The summed E-state index contributed by atoms with van der Waals surface area (Å²) in [7, 11) is 4.15. The predicted octanol–water partition coefficient (Wildman–Crippen LogP) is 3.38. The van der Waals surface area contributed by atoms with E-state index in [1.54, 1.807) is 0 Å². The van der Waals surface area contributed by atoms with Gasteiger partial charge in [0.1, 0.15) is 0 Å². The summed E-state index contributed by atoms with van der Waals surface area (Å²) in [5.41, 5.74) is 2.52. The molecule has 5 heteroatoms. The largest absolute Gasteiger partial charge is 0.308 e. The van der Waals surface area contributed by atoms with E-state index < -0.39 is 0 Å². The van der Waals surface area contributed by atoms with Gasteiger partial charge in [-0.15, -0.1) is 11.6 Å². The van der Waals surface area contributed by atoms with E-state index >= 15 is 0 Å². The average molecular weight is 333 g/mol. The quantitative estimate of drug-likeness (QED) is 0.788. The van der Waals surface area contributed by atoms with Crippen LogP contribution in [-0.2, 0) is 6.54 Å². The van der Waals surface area contributed by atoms with Crippen LogP contribution in [0.1, 0.15) is 25.0 Å². The van der Waals surface area contributed by atoms with Crippen LogP contribution in [0.2, 0.25) is 0 Å². The summed E-state index contributed by atoms with van der Waals surface area (Å²) in [5.74, 6) is 0. The fraction of sp³-hybridized carbons (Fsp3) is 0.615. The number of likely N-dealkylation sites (N-methyl/N-ethyl adjacent to an activating group) is 1. The first-order valence-electron chi connectivity index (χ1n) is 6.29. The van der Waals surface area contributed by atoms with E-state index in [1.807, 2.05) is 6.20 Å². The smallest absolute Gasteiger partial charge is 0.0782 e. The van der Waals surface area contributed by atoms with Crippen molar-refractivity contribution in [1.29, 1.82) is 0 Å². The molecule has 0 bridgehead atoms. The van der Waals surface area contributed by atoms with Crippen LogP contribution in [0.5, 0.6) is 0 Å². The summed E-state index contributed by atoms with van der Waals surface area (Å²) in [6, 6.07) is 0. The Hall–Kier alpha value is -0.320. The van der Waals surface area contributed by atoms with Crippen molar-refractivity contribution in [3.63, 3.8) is 0 Å². The molecule has 0 saturated carbocycles. The van der Waals surface area contributed by atoms with Gasteiger partial charge in [-0.25, -0.2) is 0 Å². The molecule has 0 N–H and O–H groups in total. The molecule has 18 heavy (non-hydrogen) atoms. The number of halogens is 2. The lowest BCUT2D eigenvalue weighted by Gasteiger charge is -2.19. The molecule has 1 unspecified atom stereocenters. The number of hydrogen-bond donors (Lipinski definition) is 0. The number of rotatable bonds is 4. The molecule has 1 aromatic heterocycles. The Morgan fingerprint density at radius 1 is 1.56 bits per heavy atom. The maximum Gasteiger partial charge on any atom is 0.0782 e. The van der Waals surface area contributed by atoms with Crippen LogP contribution in [-0.4, -0.2) is 40.7 Å². The summed E-state index contributed by atoms with van der Waals surface area (Å²) < 4.78 is 3.14. The summed E-state index contributed by atoms with van der Waals surface area (Å²) in [6.45, 7) is 1.89. The van der Waals surface area contributed by atoms with Crippen LogP contribution in [0, 0.1) is 0 Å². The summed E-state index contributed by atoms with van der Waals surface area (Å²) in [4.78, 5) is 2.17. The molecule has 0 aromatic carbocycles. The van der Waals surface area contributed by atoms with Gasteiger partial charge >= 0.3 is 0 Å². The van der Waals surface area contributed by atoms with E-state index in [0.717, 1.165) is 36.8 Å². The number of nitrogens with zero attached hydrogens (tertiary/aromatic N) is 3. The first kappa shape index (κ1) is 14.1. The lowest BCUT2D eigenvalue weighted by molar-refractivity contribution is 0.372. The zero-order valence-electron chi connectivity index (χ0n) is 10.9. The minimum Gasteiger partial charge on any atom is -0.308 e. The zero-order chi connectivity index (χ0) is 13.1. The molecule has 1 atom stereocenters. The highest BCUT2D eigenvalue weighted by Crippen LogP contribution is 2.33. The monoisotopic (exact) mass is 331 g/mol. The van der Waals surface area contributed by atoms with Crippen LogP contribution < -0.4 is 0 Å². The highest BCUT2D eigenvalue weighted by atomic mass is 79.9. The van der Waals surface area contributed by atoms with Gasteiger partial charge in [-0.05, 0) is 54.9 Å². The normalized spacial score (nSPS) is 20.3. The van der Waals surface area contributed by atoms with Gasteiger partial charge in [0.2, 0.25) is 0 Å². The van der Waals surface area contributed by atoms with Gasteiger partial charge in [0, 0.05) is 6.54 Å². The lowest BCUT2D eigenvalue weighted by atomic mass is 9.97. The second-order valence-corrected chi connectivity index (χ2v) is 6.38. The third-order valence-corrected chi connectivity index (χ3v) is 4.09. The molecule has 2 rings (SSSR count). The van der Waals surface area contributed by atoms with Crippen LogP contribution >= 0.6 is 27.5 Å². The van der Waals surface area contributed by atoms with E-state index in [2.05, 4.69) is 50.8 Å². The third kappa shape index (κ3) is 3.37.